The molecule has 0 unspecified atom stereocenters. The first-order chi connectivity index (χ1) is 7.47. The lowest BCUT2D eigenvalue weighted by Gasteiger charge is -2.27. The highest BCUT2D eigenvalue weighted by Crippen LogP contribution is 2.28. The fraction of sp³-hybridized carbons (Fsp3) is 1.00. The van der Waals surface area contributed by atoms with Gasteiger partial charge in [0.1, 0.15) is 9.84 Å². The third kappa shape index (κ3) is 4.83. The molecule has 1 rings (SSSR count). The Morgan fingerprint density at radius 1 is 1.06 bits per heavy atom. The standard InChI is InChI=1S/C12H25NO2S/c1-2-10-16(14,15)11-9-12(13)7-5-3-4-6-8-12/h2-11,13H2,1H3. The smallest absolute Gasteiger partial charge is 0.150 e. The molecule has 0 aromatic rings. The summed E-state index contributed by atoms with van der Waals surface area (Å²) < 4.78 is 23.3. The molecule has 3 nitrogen and oxygen atoms in total. The zero-order valence-corrected chi connectivity index (χ0v) is 11.2. The Morgan fingerprint density at radius 3 is 2.12 bits per heavy atom. The molecule has 0 aliphatic heterocycles. The molecule has 1 aliphatic rings. The van der Waals surface area contributed by atoms with Crippen LogP contribution in [0.1, 0.15) is 58.3 Å². The van der Waals surface area contributed by atoms with Gasteiger partial charge in [0.25, 0.3) is 0 Å². The molecule has 1 saturated carbocycles. The quantitative estimate of drug-likeness (QED) is 0.758. The van der Waals surface area contributed by atoms with Crippen LogP contribution in [0.15, 0.2) is 0 Å². The van der Waals surface area contributed by atoms with Gasteiger partial charge in [0.05, 0.1) is 5.75 Å². The number of sulfone groups is 1. The van der Waals surface area contributed by atoms with Crippen molar-refractivity contribution in [2.45, 2.75) is 63.8 Å². The molecule has 1 fully saturated rings. The monoisotopic (exact) mass is 247 g/mol. The Labute approximate surface area is 99.7 Å². The molecular weight excluding hydrogens is 222 g/mol. The van der Waals surface area contributed by atoms with Gasteiger partial charge in [-0.3, -0.25) is 0 Å². The largest absolute Gasteiger partial charge is 0.325 e. The van der Waals surface area contributed by atoms with Crippen LogP contribution in [0.2, 0.25) is 0 Å². The summed E-state index contributed by atoms with van der Waals surface area (Å²) >= 11 is 0. The van der Waals surface area contributed by atoms with Gasteiger partial charge >= 0.3 is 0 Å². The normalized spacial score (nSPS) is 21.6. The number of hydrogen-bond donors (Lipinski definition) is 1. The predicted molar refractivity (Wildman–Crippen MR) is 68.2 cm³/mol. The summed E-state index contributed by atoms with van der Waals surface area (Å²) in [6.45, 7) is 1.90. The summed E-state index contributed by atoms with van der Waals surface area (Å²) in [4.78, 5) is 0. The maximum absolute atomic E-state index is 11.6. The highest BCUT2D eigenvalue weighted by atomic mass is 32.2. The number of hydrogen-bond acceptors (Lipinski definition) is 3. The molecular formula is C12H25NO2S. The van der Waals surface area contributed by atoms with Crippen molar-refractivity contribution >= 4 is 9.84 Å². The Hall–Kier alpha value is -0.0900. The molecule has 0 aromatic heterocycles. The SMILES string of the molecule is CCCS(=O)(=O)CCC1(N)CCCCCC1. The first-order valence-electron chi connectivity index (χ1n) is 6.47. The molecule has 0 saturated heterocycles. The minimum Gasteiger partial charge on any atom is -0.325 e. The first kappa shape index (κ1) is 14.0. The minimum atomic E-state index is -2.86. The van der Waals surface area contributed by atoms with Crippen LogP contribution in [0.4, 0.5) is 0 Å². The van der Waals surface area contributed by atoms with Crippen LogP contribution in [0.5, 0.6) is 0 Å². The average molecular weight is 247 g/mol. The van der Waals surface area contributed by atoms with Crippen LogP contribution in [0.25, 0.3) is 0 Å². The zero-order valence-electron chi connectivity index (χ0n) is 10.4. The van der Waals surface area contributed by atoms with E-state index in [4.69, 9.17) is 5.73 Å². The number of rotatable bonds is 5. The van der Waals surface area contributed by atoms with Crippen LogP contribution >= 0.6 is 0 Å². The van der Waals surface area contributed by atoms with Crippen LogP contribution in [0, 0.1) is 0 Å². The van der Waals surface area contributed by atoms with Crippen LogP contribution in [-0.2, 0) is 9.84 Å². The molecule has 0 amide bonds. The predicted octanol–water partition coefficient (Wildman–Crippen LogP) is 2.25. The van der Waals surface area contributed by atoms with E-state index in [1.54, 1.807) is 0 Å². The van der Waals surface area contributed by atoms with E-state index in [0.717, 1.165) is 25.7 Å². The second kappa shape index (κ2) is 6.01. The van der Waals surface area contributed by atoms with Crippen molar-refractivity contribution in [3.8, 4) is 0 Å². The molecule has 0 spiro atoms. The van der Waals surface area contributed by atoms with Crippen molar-refractivity contribution in [1.29, 1.82) is 0 Å². The molecule has 96 valence electrons. The molecule has 2 N–H and O–H groups in total. The van der Waals surface area contributed by atoms with E-state index >= 15 is 0 Å². The maximum atomic E-state index is 11.6. The second-order valence-electron chi connectivity index (χ2n) is 5.18. The van der Waals surface area contributed by atoms with Crippen molar-refractivity contribution in [1.82, 2.24) is 0 Å². The molecule has 0 atom stereocenters. The Morgan fingerprint density at radius 2 is 1.62 bits per heavy atom. The van der Waals surface area contributed by atoms with E-state index in [1.165, 1.54) is 12.8 Å². The van der Waals surface area contributed by atoms with Gasteiger partial charge in [0.15, 0.2) is 0 Å². The zero-order chi connectivity index (χ0) is 12.1. The van der Waals surface area contributed by atoms with E-state index < -0.39 is 9.84 Å². The lowest BCUT2D eigenvalue weighted by Crippen LogP contribution is -2.41. The fourth-order valence-electron chi connectivity index (χ4n) is 2.45. The number of nitrogens with two attached hydrogens (primary N) is 1. The van der Waals surface area contributed by atoms with Crippen LogP contribution in [-0.4, -0.2) is 25.5 Å². The second-order valence-corrected chi connectivity index (χ2v) is 7.48. The van der Waals surface area contributed by atoms with Gasteiger partial charge in [0.2, 0.25) is 0 Å². The first-order valence-corrected chi connectivity index (χ1v) is 8.29. The van der Waals surface area contributed by atoms with Gasteiger partial charge in [-0.25, -0.2) is 8.42 Å². The van der Waals surface area contributed by atoms with Crippen molar-refractivity contribution in [3.05, 3.63) is 0 Å². The van der Waals surface area contributed by atoms with Gasteiger partial charge in [0, 0.05) is 11.3 Å². The third-order valence-electron chi connectivity index (χ3n) is 3.53. The van der Waals surface area contributed by atoms with Crippen LogP contribution in [0.3, 0.4) is 0 Å². The summed E-state index contributed by atoms with van der Waals surface area (Å²) in [5.41, 5.74) is 6.09. The van der Waals surface area contributed by atoms with Gasteiger partial charge < -0.3 is 5.73 Å². The molecule has 0 aromatic carbocycles. The van der Waals surface area contributed by atoms with Crippen molar-refractivity contribution in [2.75, 3.05) is 11.5 Å². The lowest BCUT2D eigenvalue weighted by molar-refractivity contribution is 0.359. The average Bonchev–Trinajstić information content (AvgIpc) is 2.41. The van der Waals surface area contributed by atoms with Gasteiger partial charge in [-0.15, -0.1) is 0 Å². The third-order valence-corrected chi connectivity index (χ3v) is 5.38. The maximum Gasteiger partial charge on any atom is 0.150 e. The summed E-state index contributed by atoms with van der Waals surface area (Å²) in [6, 6.07) is 0. The topological polar surface area (TPSA) is 60.2 Å². The molecule has 0 bridgehead atoms. The Kier molecular flexibility index (Phi) is 5.25. The van der Waals surface area contributed by atoms with Crippen molar-refractivity contribution in [2.24, 2.45) is 5.73 Å². The molecule has 1 aliphatic carbocycles. The van der Waals surface area contributed by atoms with Crippen LogP contribution < -0.4 is 5.73 Å². The summed E-state index contributed by atoms with van der Waals surface area (Å²) in [7, 11) is -2.86. The Bertz CT molecular complexity index is 290. The van der Waals surface area contributed by atoms with Gasteiger partial charge in [-0.1, -0.05) is 32.6 Å². The summed E-state index contributed by atoms with van der Waals surface area (Å²) in [5, 5.41) is 0. The van der Waals surface area contributed by atoms with E-state index in [9.17, 15) is 8.42 Å². The van der Waals surface area contributed by atoms with E-state index in [1.807, 2.05) is 6.92 Å². The summed E-state index contributed by atoms with van der Waals surface area (Å²) in [5.74, 6) is 0.584. The van der Waals surface area contributed by atoms with E-state index in [-0.39, 0.29) is 11.3 Å². The lowest BCUT2D eigenvalue weighted by atomic mass is 9.89. The van der Waals surface area contributed by atoms with Gasteiger partial charge in [-0.05, 0) is 25.7 Å². The van der Waals surface area contributed by atoms with Crippen molar-refractivity contribution in [3.63, 3.8) is 0 Å². The fourth-order valence-corrected chi connectivity index (χ4v) is 4.00. The Balaban J connectivity index is 2.46. The summed E-state index contributed by atoms with van der Waals surface area (Å²) in [6.07, 6.45) is 8.16. The van der Waals surface area contributed by atoms with E-state index in [0.29, 0.717) is 18.6 Å². The molecule has 0 radical (unpaired) electrons. The molecule has 4 heteroatoms. The highest BCUT2D eigenvalue weighted by Gasteiger charge is 2.27. The minimum absolute atomic E-state index is 0.211. The van der Waals surface area contributed by atoms with E-state index in [2.05, 4.69) is 0 Å². The highest BCUT2D eigenvalue weighted by molar-refractivity contribution is 7.91. The molecule has 16 heavy (non-hydrogen) atoms. The van der Waals surface area contributed by atoms with Crippen molar-refractivity contribution < 1.29 is 8.42 Å². The van der Waals surface area contributed by atoms with Gasteiger partial charge in [-0.2, -0.15) is 0 Å². The molecule has 0 heterocycles.